The molecule has 0 radical (unpaired) electrons. The van der Waals surface area contributed by atoms with Gasteiger partial charge in [0.1, 0.15) is 5.82 Å². The maximum absolute atomic E-state index is 13.4. The highest BCUT2D eigenvalue weighted by Crippen LogP contribution is 2.16. The molecule has 2 aromatic carbocycles. The van der Waals surface area contributed by atoms with Crippen LogP contribution in [0.2, 0.25) is 0 Å². The van der Waals surface area contributed by atoms with Gasteiger partial charge in [-0.15, -0.1) is 0 Å². The highest BCUT2D eigenvalue weighted by atomic mass is 19.1. The van der Waals surface area contributed by atoms with E-state index in [1.54, 1.807) is 16.9 Å². The van der Waals surface area contributed by atoms with Crippen LogP contribution in [-0.4, -0.2) is 19.3 Å². The second kappa shape index (κ2) is 5.11. The van der Waals surface area contributed by atoms with Crippen LogP contribution < -0.4 is 0 Å². The van der Waals surface area contributed by atoms with Crippen LogP contribution in [-0.2, 0) is 6.54 Å². The van der Waals surface area contributed by atoms with Crippen molar-refractivity contribution in [1.82, 2.24) is 19.3 Å². The average molecular weight is 292 g/mol. The Hall–Kier alpha value is -2.95. The number of benzene rings is 2. The molecule has 0 atom stereocenters. The lowest BCUT2D eigenvalue weighted by atomic mass is 10.3. The first-order valence-corrected chi connectivity index (χ1v) is 7.00. The lowest BCUT2D eigenvalue weighted by Gasteiger charge is -2.09. The average Bonchev–Trinajstić information content (AvgIpc) is 3.15. The fourth-order valence-electron chi connectivity index (χ4n) is 2.60. The van der Waals surface area contributed by atoms with Gasteiger partial charge in [-0.25, -0.2) is 14.1 Å². The van der Waals surface area contributed by atoms with Crippen LogP contribution in [0.25, 0.3) is 16.7 Å². The third kappa shape index (κ3) is 2.16. The number of para-hydroxylation sites is 2. The molecule has 0 saturated heterocycles. The molecule has 0 saturated carbocycles. The quantitative estimate of drug-likeness (QED) is 0.580. The molecule has 0 aliphatic rings. The number of halogens is 1. The lowest BCUT2D eigenvalue weighted by Crippen LogP contribution is -2.07. The zero-order valence-corrected chi connectivity index (χ0v) is 11.7. The predicted octanol–water partition coefficient (Wildman–Crippen LogP) is 3.41. The Morgan fingerprint density at radius 3 is 2.82 bits per heavy atom. The van der Waals surface area contributed by atoms with Crippen LogP contribution in [0.1, 0.15) is 5.69 Å². The summed E-state index contributed by atoms with van der Waals surface area (Å²) < 4.78 is 17.2. The van der Waals surface area contributed by atoms with Gasteiger partial charge in [-0.2, -0.15) is 5.10 Å². The fraction of sp³-hybridized carbons (Fsp3) is 0.0588. The molecule has 0 spiro atoms. The van der Waals surface area contributed by atoms with Gasteiger partial charge in [0.05, 0.1) is 35.3 Å². The van der Waals surface area contributed by atoms with E-state index in [1.165, 1.54) is 12.1 Å². The summed E-state index contributed by atoms with van der Waals surface area (Å²) in [6.07, 6.45) is 3.53. The van der Waals surface area contributed by atoms with Crippen molar-refractivity contribution in [2.45, 2.75) is 6.54 Å². The van der Waals surface area contributed by atoms with E-state index in [-0.39, 0.29) is 5.82 Å². The normalized spacial score (nSPS) is 11.1. The number of nitrogens with zero attached hydrogens (tertiary/aromatic N) is 4. The summed E-state index contributed by atoms with van der Waals surface area (Å²) in [7, 11) is 0. The molecular weight excluding hydrogens is 279 g/mol. The summed E-state index contributed by atoms with van der Waals surface area (Å²) in [6, 6.07) is 16.3. The van der Waals surface area contributed by atoms with Crippen LogP contribution in [0.3, 0.4) is 0 Å². The summed E-state index contributed by atoms with van der Waals surface area (Å²) in [5, 5.41) is 4.30. The van der Waals surface area contributed by atoms with Crippen molar-refractivity contribution in [3.63, 3.8) is 0 Å². The van der Waals surface area contributed by atoms with Crippen molar-refractivity contribution in [2.75, 3.05) is 0 Å². The van der Waals surface area contributed by atoms with E-state index < -0.39 is 0 Å². The Bertz CT molecular complexity index is 938. The number of hydrogen-bond acceptors (Lipinski definition) is 2. The number of hydrogen-bond donors (Lipinski definition) is 0. The van der Waals surface area contributed by atoms with E-state index in [2.05, 4.69) is 14.6 Å². The van der Waals surface area contributed by atoms with Gasteiger partial charge >= 0.3 is 0 Å². The van der Waals surface area contributed by atoms with E-state index in [0.717, 1.165) is 16.7 Å². The zero-order valence-electron chi connectivity index (χ0n) is 11.7. The molecule has 0 aliphatic heterocycles. The maximum atomic E-state index is 13.4. The van der Waals surface area contributed by atoms with Crippen LogP contribution in [0, 0.1) is 5.82 Å². The van der Waals surface area contributed by atoms with Gasteiger partial charge in [0.25, 0.3) is 0 Å². The summed E-state index contributed by atoms with van der Waals surface area (Å²) in [4.78, 5) is 4.39. The van der Waals surface area contributed by atoms with Crippen molar-refractivity contribution < 1.29 is 4.39 Å². The molecule has 2 heterocycles. The van der Waals surface area contributed by atoms with E-state index >= 15 is 0 Å². The van der Waals surface area contributed by atoms with Crippen LogP contribution in [0.4, 0.5) is 4.39 Å². The van der Waals surface area contributed by atoms with Gasteiger partial charge in [-0.05, 0) is 36.4 Å². The second-order valence-electron chi connectivity index (χ2n) is 5.08. The van der Waals surface area contributed by atoms with Gasteiger partial charge in [0.15, 0.2) is 0 Å². The Morgan fingerprint density at radius 2 is 1.91 bits per heavy atom. The zero-order chi connectivity index (χ0) is 14.9. The molecule has 108 valence electrons. The summed E-state index contributed by atoms with van der Waals surface area (Å²) in [5.74, 6) is -0.271. The SMILES string of the molecule is Fc1cccc(-n2nccc2Cn2cnc3ccccc32)c1. The summed E-state index contributed by atoms with van der Waals surface area (Å²) in [6.45, 7) is 0.622. The smallest absolute Gasteiger partial charge is 0.125 e. The number of rotatable bonds is 3. The van der Waals surface area contributed by atoms with E-state index in [1.807, 2.05) is 42.7 Å². The Morgan fingerprint density at radius 1 is 1.00 bits per heavy atom. The molecular formula is C17H13FN4. The fourth-order valence-corrected chi connectivity index (χ4v) is 2.60. The van der Waals surface area contributed by atoms with E-state index in [4.69, 9.17) is 0 Å². The molecule has 0 bridgehead atoms. The minimum atomic E-state index is -0.271. The maximum Gasteiger partial charge on any atom is 0.125 e. The Balaban J connectivity index is 1.74. The van der Waals surface area contributed by atoms with Gasteiger partial charge in [-0.3, -0.25) is 0 Å². The van der Waals surface area contributed by atoms with Gasteiger partial charge < -0.3 is 4.57 Å². The highest BCUT2D eigenvalue weighted by molar-refractivity contribution is 5.75. The highest BCUT2D eigenvalue weighted by Gasteiger charge is 2.08. The number of fused-ring (bicyclic) bond motifs is 1. The van der Waals surface area contributed by atoms with Crippen LogP contribution >= 0.6 is 0 Å². The third-order valence-corrected chi connectivity index (χ3v) is 3.63. The standard InChI is InChI=1S/C17H13FN4/c18-13-4-3-5-14(10-13)22-15(8-9-20-22)11-21-12-19-16-6-1-2-7-17(16)21/h1-10,12H,11H2. The monoisotopic (exact) mass is 292 g/mol. The molecule has 0 fully saturated rings. The largest absolute Gasteiger partial charge is 0.324 e. The van der Waals surface area contributed by atoms with Crippen LogP contribution in [0.15, 0.2) is 67.1 Å². The molecule has 2 aromatic heterocycles. The lowest BCUT2D eigenvalue weighted by molar-refractivity contribution is 0.624. The first-order valence-electron chi connectivity index (χ1n) is 7.00. The molecule has 4 rings (SSSR count). The molecule has 0 N–H and O–H groups in total. The van der Waals surface area contributed by atoms with E-state index in [0.29, 0.717) is 12.2 Å². The van der Waals surface area contributed by atoms with Crippen molar-refractivity contribution in [2.24, 2.45) is 0 Å². The molecule has 0 aliphatic carbocycles. The summed E-state index contributed by atoms with van der Waals surface area (Å²) >= 11 is 0. The predicted molar refractivity (Wildman–Crippen MR) is 82.4 cm³/mol. The molecule has 5 heteroatoms. The minimum absolute atomic E-state index is 0.271. The number of aromatic nitrogens is 4. The van der Waals surface area contributed by atoms with Gasteiger partial charge in [-0.1, -0.05) is 18.2 Å². The minimum Gasteiger partial charge on any atom is -0.324 e. The van der Waals surface area contributed by atoms with Crippen molar-refractivity contribution in [3.8, 4) is 5.69 Å². The Labute approximate surface area is 126 Å². The Kier molecular flexibility index (Phi) is 2.96. The van der Waals surface area contributed by atoms with Crippen molar-refractivity contribution in [1.29, 1.82) is 0 Å². The molecule has 22 heavy (non-hydrogen) atoms. The first kappa shape index (κ1) is 12.8. The van der Waals surface area contributed by atoms with Crippen molar-refractivity contribution in [3.05, 3.63) is 78.6 Å². The van der Waals surface area contributed by atoms with Gasteiger partial charge in [0.2, 0.25) is 0 Å². The van der Waals surface area contributed by atoms with E-state index in [9.17, 15) is 4.39 Å². The number of imidazole rings is 1. The second-order valence-corrected chi connectivity index (χ2v) is 5.08. The van der Waals surface area contributed by atoms with Gasteiger partial charge in [0, 0.05) is 6.20 Å². The third-order valence-electron chi connectivity index (χ3n) is 3.63. The van der Waals surface area contributed by atoms with Crippen molar-refractivity contribution >= 4 is 11.0 Å². The van der Waals surface area contributed by atoms with Crippen LogP contribution in [0.5, 0.6) is 0 Å². The molecule has 0 unspecified atom stereocenters. The first-order chi connectivity index (χ1) is 10.8. The topological polar surface area (TPSA) is 35.6 Å². The summed E-state index contributed by atoms with van der Waals surface area (Å²) in [5.41, 5.74) is 3.70. The molecule has 0 amide bonds. The molecule has 4 aromatic rings. The molecule has 4 nitrogen and oxygen atoms in total.